The maximum absolute atomic E-state index is 13.0. The number of likely N-dealkylation sites (N-methyl/N-ethyl adjacent to an activating group) is 1. The lowest BCUT2D eigenvalue weighted by Gasteiger charge is -2.35. The van der Waals surface area contributed by atoms with E-state index < -0.39 is 0 Å². The number of piperidine rings is 1. The van der Waals surface area contributed by atoms with Crippen LogP contribution in [0.1, 0.15) is 44.7 Å². The number of amides is 1. The first kappa shape index (κ1) is 16.0. The van der Waals surface area contributed by atoms with Crippen molar-refractivity contribution in [2.75, 3.05) is 20.1 Å². The second-order valence-electron chi connectivity index (χ2n) is 6.05. The predicted octanol–water partition coefficient (Wildman–Crippen LogP) is 3.22. The van der Waals surface area contributed by atoms with Gasteiger partial charge in [-0.15, -0.1) is 0 Å². The van der Waals surface area contributed by atoms with Gasteiger partial charge in [0, 0.05) is 13.1 Å². The average Bonchev–Trinajstić information content (AvgIpc) is 2.49. The van der Waals surface area contributed by atoms with Gasteiger partial charge < -0.3 is 4.90 Å². The van der Waals surface area contributed by atoms with Crippen LogP contribution in [0.5, 0.6) is 0 Å². The number of benzene rings is 1. The number of carbonyl (C=O) groups is 1. The molecule has 1 amide bonds. The van der Waals surface area contributed by atoms with Gasteiger partial charge in [0.25, 0.3) is 0 Å². The molecule has 0 spiro atoms. The molecule has 0 N–H and O–H groups in total. The van der Waals surface area contributed by atoms with Crippen molar-refractivity contribution in [1.29, 1.82) is 0 Å². The van der Waals surface area contributed by atoms with Crippen molar-refractivity contribution in [1.82, 2.24) is 9.80 Å². The first-order chi connectivity index (χ1) is 9.99. The monoisotopic (exact) mass is 292 g/mol. The molecule has 4 heteroatoms. The highest BCUT2D eigenvalue weighted by atomic mass is 19.1. The molecule has 1 fully saturated rings. The third-order valence-electron chi connectivity index (χ3n) is 4.61. The molecule has 116 valence electrons. The Hall–Kier alpha value is -1.42. The fourth-order valence-electron chi connectivity index (χ4n) is 2.86. The van der Waals surface area contributed by atoms with E-state index in [1.807, 2.05) is 14.0 Å². The molecule has 0 bridgehead atoms. The van der Waals surface area contributed by atoms with Gasteiger partial charge in [0.15, 0.2) is 0 Å². The molecule has 1 aliphatic rings. The minimum absolute atomic E-state index is 0.0433. The van der Waals surface area contributed by atoms with E-state index in [2.05, 4.69) is 11.8 Å². The van der Waals surface area contributed by atoms with Crippen LogP contribution in [-0.4, -0.2) is 41.9 Å². The Kier molecular flexibility index (Phi) is 5.34. The molecule has 0 aromatic heterocycles. The van der Waals surface area contributed by atoms with Crippen molar-refractivity contribution in [3.05, 3.63) is 35.6 Å². The summed E-state index contributed by atoms with van der Waals surface area (Å²) in [7, 11) is 1.82. The van der Waals surface area contributed by atoms with E-state index in [0.717, 1.165) is 12.1 Å². The fraction of sp³-hybridized carbons (Fsp3) is 0.588. The normalized spacial score (nSPS) is 21.0. The summed E-state index contributed by atoms with van der Waals surface area (Å²) in [5.74, 6) is -0.123. The number of hydrogen-bond acceptors (Lipinski definition) is 2. The standard InChI is InChI=1S/C17H25FN2O/c1-13-6-4-5-11-20(13)12-17(21)19(3)14(2)15-7-9-16(18)10-8-15/h7-10,13-14H,4-6,11-12H2,1-3H3. The zero-order valence-corrected chi connectivity index (χ0v) is 13.2. The van der Waals surface area contributed by atoms with Crippen molar-refractivity contribution in [2.24, 2.45) is 0 Å². The van der Waals surface area contributed by atoms with Crippen LogP contribution in [0.25, 0.3) is 0 Å². The van der Waals surface area contributed by atoms with Crippen LogP contribution in [0.2, 0.25) is 0 Å². The lowest BCUT2D eigenvalue weighted by atomic mass is 10.0. The lowest BCUT2D eigenvalue weighted by molar-refractivity contribution is -0.133. The molecule has 1 aromatic carbocycles. The Bertz CT molecular complexity index is 474. The van der Waals surface area contributed by atoms with Crippen molar-refractivity contribution < 1.29 is 9.18 Å². The van der Waals surface area contributed by atoms with Gasteiger partial charge in [0.1, 0.15) is 5.82 Å². The summed E-state index contributed by atoms with van der Waals surface area (Å²) in [4.78, 5) is 16.5. The van der Waals surface area contributed by atoms with Crippen LogP contribution in [-0.2, 0) is 4.79 Å². The molecule has 1 saturated heterocycles. The van der Waals surface area contributed by atoms with Gasteiger partial charge in [-0.2, -0.15) is 0 Å². The van der Waals surface area contributed by atoms with Gasteiger partial charge in [-0.05, 0) is 50.9 Å². The summed E-state index contributed by atoms with van der Waals surface area (Å²) >= 11 is 0. The van der Waals surface area contributed by atoms with E-state index in [1.165, 1.54) is 31.4 Å². The second-order valence-corrected chi connectivity index (χ2v) is 6.05. The maximum atomic E-state index is 13.0. The van der Waals surface area contributed by atoms with Crippen LogP contribution in [0.4, 0.5) is 4.39 Å². The van der Waals surface area contributed by atoms with Gasteiger partial charge >= 0.3 is 0 Å². The van der Waals surface area contributed by atoms with Crippen LogP contribution in [0.15, 0.2) is 24.3 Å². The molecule has 3 nitrogen and oxygen atoms in total. The Morgan fingerprint density at radius 1 is 1.38 bits per heavy atom. The van der Waals surface area contributed by atoms with E-state index in [1.54, 1.807) is 17.0 Å². The summed E-state index contributed by atoms with van der Waals surface area (Å²) < 4.78 is 13.0. The minimum atomic E-state index is -0.248. The number of nitrogens with zero attached hydrogens (tertiary/aromatic N) is 2. The SMILES string of the molecule is CC1CCCCN1CC(=O)N(C)C(C)c1ccc(F)cc1. The first-order valence-electron chi connectivity index (χ1n) is 7.74. The second kappa shape index (κ2) is 7.03. The highest BCUT2D eigenvalue weighted by molar-refractivity contribution is 5.78. The van der Waals surface area contributed by atoms with Crippen LogP contribution < -0.4 is 0 Å². The molecular weight excluding hydrogens is 267 g/mol. The third kappa shape index (κ3) is 4.03. The number of carbonyl (C=O) groups excluding carboxylic acids is 1. The zero-order valence-electron chi connectivity index (χ0n) is 13.2. The van der Waals surface area contributed by atoms with Gasteiger partial charge in [-0.3, -0.25) is 9.69 Å². The molecule has 1 aliphatic heterocycles. The lowest BCUT2D eigenvalue weighted by Crippen LogP contribution is -2.45. The van der Waals surface area contributed by atoms with Crippen molar-refractivity contribution in [2.45, 2.75) is 45.2 Å². The Morgan fingerprint density at radius 3 is 2.67 bits per heavy atom. The van der Waals surface area contributed by atoms with E-state index in [0.29, 0.717) is 12.6 Å². The molecule has 0 radical (unpaired) electrons. The number of rotatable bonds is 4. The average molecular weight is 292 g/mol. The fourth-order valence-corrected chi connectivity index (χ4v) is 2.86. The number of likely N-dealkylation sites (tertiary alicyclic amines) is 1. The molecule has 0 aliphatic carbocycles. The molecule has 1 heterocycles. The molecule has 21 heavy (non-hydrogen) atoms. The Labute approximate surface area is 126 Å². The van der Waals surface area contributed by atoms with Crippen LogP contribution in [0, 0.1) is 5.82 Å². The Balaban J connectivity index is 1.96. The molecule has 1 aromatic rings. The van der Waals surface area contributed by atoms with Crippen molar-refractivity contribution >= 4 is 5.91 Å². The maximum Gasteiger partial charge on any atom is 0.237 e. The van der Waals surface area contributed by atoms with Crippen molar-refractivity contribution in [3.63, 3.8) is 0 Å². The molecule has 2 rings (SSSR count). The summed E-state index contributed by atoms with van der Waals surface area (Å²) in [6, 6.07) is 6.81. The number of halogens is 1. The van der Waals surface area contributed by atoms with Gasteiger partial charge in [0.2, 0.25) is 5.91 Å². The summed E-state index contributed by atoms with van der Waals surface area (Å²) in [6.07, 6.45) is 3.60. The van der Waals surface area contributed by atoms with E-state index >= 15 is 0 Å². The summed E-state index contributed by atoms with van der Waals surface area (Å²) in [5, 5.41) is 0. The highest BCUT2D eigenvalue weighted by Crippen LogP contribution is 2.21. The highest BCUT2D eigenvalue weighted by Gasteiger charge is 2.24. The molecule has 0 saturated carbocycles. The van der Waals surface area contributed by atoms with Gasteiger partial charge in [-0.1, -0.05) is 18.6 Å². The van der Waals surface area contributed by atoms with Crippen LogP contribution >= 0.6 is 0 Å². The summed E-state index contributed by atoms with van der Waals surface area (Å²) in [5.41, 5.74) is 0.957. The minimum Gasteiger partial charge on any atom is -0.338 e. The topological polar surface area (TPSA) is 23.6 Å². The molecular formula is C17H25FN2O. The third-order valence-corrected chi connectivity index (χ3v) is 4.61. The van der Waals surface area contributed by atoms with E-state index in [4.69, 9.17) is 0 Å². The van der Waals surface area contributed by atoms with Gasteiger partial charge in [-0.25, -0.2) is 4.39 Å². The largest absolute Gasteiger partial charge is 0.338 e. The Morgan fingerprint density at radius 2 is 2.05 bits per heavy atom. The zero-order chi connectivity index (χ0) is 15.4. The van der Waals surface area contributed by atoms with E-state index in [9.17, 15) is 9.18 Å². The van der Waals surface area contributed by atoms with E-state index in [-0.39, 0.29) is 17.8 Å². The molecule has 2 unspecified atom stereocenters. The smallest absolute Gasteiger partial charge is 0.237 e. The molecule has 2 atom stereocenters. The van der Waals surface area contributed by atoms with Crippen LogP contribution in [0.3, 0.4) is 0 Å². The summed E-state index contributed by atoms with van der Waals surface area (Å²) in [6.45, 7) is 5.65. The van der Waals surface area contributed by atoms with Gasteiger partial charge in [0.05, 0.1) is 12.6 Å². The predicted molar refractivity (Wildman–Crippen MR) is 82.5 cm³/mol. The first-order valence-corrected chi connectivity index (χ1v) is 7.74. The van der Waals surface area contributed by atoms with Crippen molar-refractivity contribution in [3.8, 4) is 0 Å². The number of hydrogen-bond donors (Lipinski definition) is 0. The quantitative estimate of drug-likeness (QED) is 0.850.